The quantitative estimate of drug-likeness (QED) is 0.446. The number of H-pyrrole nitrogens is 1. The standard InChI is InChI=1S/C20H19N5O3S/c1-27-16-9-7-15(8-10-16)18-21-17(24-28-18)13-29-20-23-22-19(26)25(20)12-11-14-5-3-2-4-6-14/h2-10H,11-13H2,1H3,(H,22,26). The third-order valence-electron chi connectivity index (χ3n) is 4.33. The Balaban J connectivity index is 1.40. The zero-order valence-electron chi connectivity index (χ0n) is 15.7. The summed E-state index contributed by atoms with van der Waals surface area (Å²) in [7, 11) is 1.62. The lowest BCUT2D eigenvalue weighted by Gasteiger charge is -2.04. The smallest absolute Gasteiger partial charge is 0.343 e. The van der Waals surface area contributed by atoms with Crippen LogP contribution in [0.2, 0.25) is 0 Å². The molecule has 2 aromatic carbocycles. The molecule has 2 aromatic heterocycles. The molecule has 0 atom stereocenters. The molecule has 9 heteroatoms. The van der Waals surface area contributed by atoms with Crippen LogP contribution < -0.4 is 10.4 Å². The zero-order chi connectivity index (χ0) is 20.1. The second kappa shape index (κ2) is 8.78. The van der Waals surface area contributed by atoms with E-state index < -0.39 is 0 Å². The molecule has 0 bridgehead atoms. The topological polar surface area (TPSA) is 98.8 Å². The Morgan fingerprint density at radius 3 is 2.69 bits per heavy atom. The van der Waals surface area contributed by atoms with Gasteiger partial charge in [-0.3, -0.25) is 4.57 Å². The molecule has 0 aliphatic carbocycles. The highest BCUT2D eigenvalue weighted by Crippen LogP contribution is 2.23. The van der Waals surface area contributed by atoms with Crippen molar-refractivity contribution in [3.63, 3.8) is 0 Å². The van der Waals surface area contributed by atoms with E-state index in [1.54, 1.807) is 11.7 Å². The van der Waals surface area contributed by atoms with Crippen LogP contribution in [0.4, 0.5) is 0 Å². The second-order valence-corrected chi connectivity index (χ2v) is 7.17. The number of rotatable bonds is 8. The first-order valence-corrected chi connectivity index (χ1v) is 10.0. The van der Waals surface area contributed by atoms with Gasteiger partial charge in [-0.15, -0.1) is 5.10 Å². The lowest BCUT2D eigenvalue weighted by molar-refractivity contribution is 0.414. The molecule has 0 saturated heterocycles. The molecule has 0 saturated carbocycles. The van der Waals surface area contributed by atoms with Gasteiger partial charge in [-0.05, 0) is 36.2 Å². The monoisotopic (exact) mass is 409 g/mol. The Morgan fingerprint density at radius 2 is 1.93 bits per heavy atom. The van der Waals surface area contributed by atoms with E-state index in [9.17, 15) is 4.79 Å². The van der Waals surface area contributed by atoms with Crippen molar-refractivity contribution in [2.45, 2.75) is 23.9 Å². The fraction of sp³-hybridized carbons (Fsp3) is 0.200. The summed E-state index contributed by atoms with van der Waals surface area (Å²) in [4.78, 5) is 16.5. The summed E-state index contributed by atoms with van der Waals surface area (Å²) in [6, 6.07) is 17.4. The van der Waals surface area contributed by atoms with Gasteiger partial charge < -0.3 is 9.26 Å². The fourth-order valence-corrected chi connectivity index (χ4v) is 3.60. The van der Waals surface area contributed by atoms with E-state index in [1.165, 1.54) is 17.3 Å². The predicted octanol–water partition coefficient (Wildman–Crippen LogP) is 3.17. The normalized spacial score (nSPS) is 10.9. The predicted molar refractivity (Wildman–Crippen MR) is 109 cm³/mol. The van der Waals surface area contributed by atoms with Gasteiger partial charge in [0.1, 0.15) is 5.75 Å². The number of aromatic nitrogens is 5. The molecule has 0 aliphatic rings. The third-order valence-corrected chi connectivity index (χ3v) is 5.30. The number of nitrogens with one attached hydrogen (secondary N) is 1. The Bertz CT molecular complexity index is 1120. The largest absolute Gasteiger partial charge is 0.497 e. The van der Waals surface area contributed by atoms with E-state index in [0.717, 1.165) is 17.7 Å². The van der Waals surface area contributed by atoms with Crippen LogP contribution in [0, 0.1) is 0 Å². The molecular formula is C20H19N5O3S. The van der Waals surface area contributed by atoms with Gasteiger partial charge in [-0.1, -0.05) is 47.3 Å². The van der Waals surface area contributed by atoms with Crippen LogP contribution in [0.5, 0.6) is 5.75 Å². The minimum absolute atomic E-state index is 0.226. The second-order valence-electron chi connectivity index (χ2n) is 6.23. The van der Waals surface area contributed by atoms with Crippen molar-refractivity contribution in [2.75, 3.05) is 7.11 Å². The van der Waals surface area contributed by atoms with Crippen LogP contribution in [-0.2, 0) is 18.7 Å². The van der Waals surface area contributed by atoms with Gasteiger partial charge >= 0.3 is 5.69 Å². The Kier molecular flexibility index (Phi) is 5.76. The lowest BCUT2D eigenvalue weighted by Crippen LogP contribution is -2.18. The van der Waals surface area contributed by atoms with Crippen LogP contribution in [0.3, 0.4) is 0 Å². The minimum Gasteiger partial charge on any atom is -0.497 e. The number of hydrogen-bond donors (Lipinski definition) is 1. The molecule has 0 unspecified atom stereocenters. The first-order valence-electron chi connectivity index (χ1n) is 9.02. The highest BCUT2D eigenvalue weighted by Gasteiger charge is 2.13. The molecule has 0 amide bonds. The first-order chi connectivity index (χ1) is 14.2. The van der Waals surface area contributed by atoms with Crippen LogP contribution in [0.25, 0.3) is 11.5 Å². The van der Waals surface area contributed by atoms with Gasteiger partial charge in [-0.2, -0.15) is 4.98 Å². The number of thioether (sulfide) groups is 1. The Labute approximate surface area is 170 Å². The van der Waals surface area contributed by atoms with E-state index in [-0.39, 0.29) is 5.69 Å². The van der Waals surface area contributed by atoms with Crippen LogP contribution in [0.1, 0.15) is 11.4 Å². The Morgan fingerprint density at radius 1 is 1.14 bits per heavy atom. The average molecular weight is 409 g/mol. The SMILES string of the molecule is COc1ccc(-c2nc(CSc3n[nH]c(=O)n3CCc3ccccc3)no2)cc1. The fourth-order valence-electron chi connectivity index (χ4n) is 2.79. The van der Waals surface area contributed by atoms with E-state index >= 15 is 0 Å². The molecule has 148 valence electrons. The summed E-state index contributed by atoms with van der Waals surface area (Å²) in [6.45, 7) is 0.547. The van der Waals surface area contributed by atoms with E-state index in [1.807, 2.05) is 54.6 Å². The van der Waals surface area contributed by atoms with Crippen molar-refractivity contribution in [1.29, 1.82) is 0 Å². The zero-order valence-corrected chi connectivity index (χ0v) is 16.6. The summed E-state index contributed by atoms with van der Waals surface area (Å²) >= 11 is 1.39. The summed E-state index contributed by atoms with van der Waals surface area (Å²) in [5.41, 5.74) is 1.75. The molecule has 0 radical (unpaired) electrons. The van der Waals surface area contributed by atoms with E-state index in [4.69, 9.17) is 9.26 Å². The van der Waals surface area contributed by atoms with E-state index in [0.29, 0.717) is 29.2 Å². The number of aromatic amines is 1. The van der Waals surface area contributed by atoms with Crippen LogP contribution in [-0.4, -0.2) is 32.0 Å². The van der Waals surface area contributed by atoms with Crippen molar-refractivity contribution in [3.8, 4) is 17.2 Å². The molecular weight excluding hydrogens is 390 g/mol. The van der Waals surface area contributed by atoms with Crippen molar-refractivity contribution < 1.29 is 9.26 Å². The van der Waals surface area contributed by atoms with Crippen molar-refractivity contribution in [1.82, 2.24) is 24.9 Å². The number of benzene rings is 2. The van der Waals surface area contributed by atoms with Crippen molar-refractivity contribution >= 4 is 11.8 Å². The minimum atomic E-state index is -0.226. The average Bonchev–Trinajstić information content (AvgIpc) is 3.38. The number of ether oxygens (including phenoxy) is 1. The lowest BCUT2D eigenvalue weighted by atomic mass is 10.1. The van der Waals surface area contributed by atoms with Gasteiger partial charge in [0.25, 0.3) is 5.89 Å². The molecule has 29 heavy (non-hydrogen) atoms. The number of methoxy groups -OCH3 is 1. The van der Waals surface area contributed by atoms with Crippen molar-refractivity contribution in [2.24, 2.45) is 0 Å². The maximum Gasteiger partial charge on any atom is 0.343 e. The molecule has 0 spiro atoms. The Hall–Kier alpha value is -3.33. The van der Waals surface area contributed by atoms with Gasteiger partial charge in [0.2, 0.25) is 0 Å². The number of hydrogen-bond acceptors (Lipinski definition) is 7. The molecule has 4 aromatic rings. The first kappa shape index (κ1) is 19.0. The number of aryl methyl sites for hydroxylation is 1. The van der Waals surface area contributed by atoms with Gasteiger partial charge in [-0.25, -0.2) is 9.89 Å². The molecule has 0 fully saturated rings. The van der Waals surface area contributed by atoms with Gasteiger partial charge in [0.15, 0.2) is 11.0 Å². The maximum atomic E-state index is 12.1. The third kappa shape index (κ3) is 4.57. The van der Waals surface area contributed by atoms with Gasteiger partial charge in [0, 0.05) is 12.1 Å². The molecule has 4 rings (SSSR count). The number of nitrogens with zero attached hydrogens (tertiary/aromatic N) is 4. The van der Waals surface area contributed by atoms with Crippen molar-refractivity contribution in [3.05, 3.63) is 76.5 Å². The maximum absolute atomic E-state index is 12.1. The highest BCUT2D eigenvalue weighted by atomic mass is 32.2. The molecule has 0 aliphatic heterocycles. The highest BCUT2D eigenvalue weighted by molar-refractivity contribution is 7.98. The summed E-state index contributed by atoms with van der Waals surface area (Å²) in [5.74, 6) is 2.17. The van der Waals surface area contributed by atoms with Gasteiger partial charge in [0.05, 0.1) is 12.9 Å². The summed E-state index contributed by atoms with van der Waals surface area (Å²) in [5, 5.41) is 11.2. The molecule has 2 heterocycles. The molecule has 1 N–H and O–H groups in total. The van der Waals surface area contributed by atoms with E-state index in [2.05, 4.69) is 20.3 Å². The van der Waals surface area contributed by atoms with Crippen LogP contribution >= 0.6 is 11.8 Å². The molecule has 8 nitrogen and oxygen atoms in total. The summed E-state index contributed by atoms with van der Waals surface area (Å²) in [6.07, 6.45) is 0.748. The van der Waals surface area contributed by atoms with Crippen LogP contribution in [0.15, 0.2) is 69.1 Å². The summed E-state index contributed by atoms with van der Waals surface area (Å²) < 4.78 is 12.1.